The zero-order valence-electron chi connectivity index (χ0n) is 12.7. The molecule has 24 heavy (non-hydrogen) atoms. The summed E-state index contributed by atoms with van der Waals surface area (Å²) in [6.07, 6.45) is 0. The van der Waals surface area contributed by atoms with E-state index in [1.165, 1.54) is 0 Å². The highest BCUT2D eigenvalue weighted by Crippen LogP contribution is 2.54. The van der Waals surface area contributed by atoms with Crippen molar-refractivity contribution in [3.8, 4) is 11.1 Å². The van der Waals surface area contributed by atoms with Gasteiger partial charge in [0.05, 0.1) is 4.48 Å². The molecule has 1 aliphatic carbocycles. The minimum absolute atomic E-state index is 0.707. The lowest BCUT2D eigenvalue weighted by Crippen LogP contribution is -2.25. The summed E-state index contributed by atoms with van der Waals surface area (Å²) in [6.45, 7) is 0. The third-order valence-corrected chi connectivity index (χ3v) is 6.82. The van der Waals surface area contributed by atoms with Crippen LogP contribution in [0.5, 0.6) is 0 Å². The molecular weight excluding hydrogens is 428 g/mol. The van der Waals surface area contributed by atoms with Crippen LogP contribution in [0.25, 0.3) is 15.6 Å². The van der Waals surface area contributed by atoms with Gasteiger partial charge >= 0.3 is 0 Å². The van der Waals surface area contributed by atoms with Crippen LogP contribution in [-0.4, -0.2) is 5.11 Å². The minimum Gasteiger partial charge on any atom is -0.375 e. The molecule has 0 fully saturated rings. The molecule has 1 nitrogen and oxygen atoms in total. The van der Waals surface area contributed by atoms with Crippen molar-refractivity contribution in [2.45, 2.75) is 5.60 Å². The molecule has 0 aromatic heterocycles. The molecular formula is C21H14Br2O. The van der Waals surface area contributed by atoms with Crippen LogP contribution in [0.1, 0.15) is 16.7 Å². The van der Waals surface area contributed by atoms with Gasteiger partial charge in [-0.2, -0.15) is 0 Å². The predicted molar refractivity (Wildman–Crippen MR) is 106 cm³/mol. The quantitative estimate of drug-likeness (QED) is 0.512. The van der Waals surface area contributed by atoms with Gasteiger partial charge in [-0.1, -0.05) is 94.8 Å². The molecule has 3 heteroatoms. The van der Waals surface area contributed by atoms with E-state index in [9.17, 15) is 5.11 Å². The van der Waals surface area contributed by atoms with Gasteiger partial charge in [0, 0.05) is 15.6 Å². The maximum Gasteiger partial charge on any atom is 0.149 e. The summed E-state index contributed by atoms with van der Waals surface area (Å²) in [5.74, 6) is 0. The summed E-state index contributed by atoms with van der Waals surface area (Å²) in [7, 11) is 0. The van der Waals surface area contributed by atoms with Crippen molar-refractivity contribution < 1.29 is 5.11 Å². The van der Waals surface area contributed by atoms with E-state index in [4.69, 9.17) is 0 Å². The van der Waals surface area contributed by atoms with Crippen LogP contribution in [0.4, 0.5) is 0 Å². The van der Waals surface area contributed by atoms with Gasteiger partial charge in [-0.05, 0) is 32.6 Å². The summed E-state index contributed by atoms with van der Waals surface area (Å²) in [5, 5.41) is 11.8. The molecule has 0 bridgehead atoms. The lowest BCUT2D eigenvalue weighted by atomic mass is 9.90. The lowest BCUT2D eigenvalue weighted by Gasteiger charge is -2.27. The SMILES string of the molecule is OC1(/C(Br)=C(\Br)c2ccccc2)c2ccccc2-c2ccccc21. The second-order valence-electron chi connectivity index (χ2n) is 5.80. The van der Waals surface area contributed by atoms with E-state index in [0.717, 1.165) is 32.3 Å². The number of rotatable bonds is 2. The van der Waals surface area contributed by atoms with Gasteiger partial charge in [0.15, 0.2) is 0 Å². The van der Waals surface area contributed by atoms with E-state index in [1.807, 2.05) is 66.7 Å². The highest BCUT2D eigenvalue weighted by atomic mass is 79.9. The maximum atomic E-state index is 11.8. The molecule has 0 unspecified atom stereocenters. The molecule has 1 N–H and O–H groups in total. The Hall–Kier alpha value is -1.68. The van der Waals surface area contributed by atoms with E-state index >= 15 is 0 Å². The van der Waals surface area contributed by atoms with Crippen LogP contribution in [0.3, 0.4) is 0 Å². The van der Waals surface area contributed by atoms with Gasteiger partial charge in [-0.15, -0.1) is 0 Å². The fourth-order valence-corrected chi connectivity index (χ4v) is 4.53. The molecule has 0 spiro atoms. The highest BCUT2D eigenvalue weighted by molar-refractivity contribution is 9.16. The second kappa shape index (κ2) is 5.99. The van der Waals surface area contributed by atoms with Gasteiger partial charge in [-0.3, -0.25) is 0 Å². The number of fused-ring (bicyclic) bond motifs is 3. The van der Waals surface area contributed by atoms with Crippen LogP contribution in [0, 0.1) is 0 Å². The van der Waals surface area contributed by atoms with Gasteiger partial charge in [0.1, 0.15) is 5.60 Å². The number of benzene rings is 3. The number of hydrogen-bond acceptors (Lipinski definition) is 1. The predicted octanol–water partition coefficient (Wildman–Crippen LogP) is 6.06. The van der Waals surface area contributed by atoms with E-state index in [0.29, 0.717) is 4.48 Å². The molecule has 3 aromatic rings. The fourth-order valence-electron chi connectivity index (χ4n) is 3.32. The largest absolute Gasteiger partial charge is 0.375 e. The van der Waals surface area contributed by atoms with Gasteiger partial charge < -0.3 is 5.11 Å². The Balaban J connectivity index is 2.00. The third-order valence-electron chi connectivity index (χ3n) is 4.46. The Labute approximate surface area is 157 Å². The highest BCUT2D eigenvalue weighted by Gasteiger charge is 2.44. The molecule has 0 aliphatic heterocycles. The molecule has 118 valence electrons. The lowest BCUT2D eigenvalue weighted by molar-refractivity contribution is 0.137. The van der Waals surface area contributed by atoms with E-state index in [1.54, 1.807) is 0 Å². The summed E-state index contributed by atoms with van der Waals surface area (Å²) >= 11 is 7.36. The molecule has 1 aliphatic rings. The zero-order chi connectivity index (χ0) is 16.7. The first-order valence-electron chi connectivity index (χ1n) is 7.67. The Morgan fingerprint density at radius 2 is 1.12 bits per heavy atom. The molecule has 0 saturated carbocycles. The Kier molecular flexibility index (Phi) is 3.95. The van der Waals surface area contributed by atoms with Crippen molar-refractivity contribution >= 4 is 36.3 Å². The van der Waals surface area contributed by atoms with Crippen LogP contribution in [0.2, 0.25) is 0 Å². The molecule has 0 heterocycles. The minimum atomic E-state index is -1.21. The zero-order valence-corrected chi connectivity index (χ0v) is 15.9. The summed E-state index contributed by atoms with van der Waals surface area (Å²) in [5.41, 5.74) is 3.74. The van der Waals surface area contributed by atoms with Crippen LogP contribution >= 0.6 is 31.9 Å². The average molecular weight is 442 g/mol. The molecule has 4 rings (SSSR count). The van der Waals surface area contributed by atoms with Gasteiger partial charge in [0.2, 0.25) is 0 Å². The molecule has 0 saturated heterocycles. The normalized spacial score (nSPS) is 15.5. The van der Waals surface area contributed by atoms with Crippen molar-refractivity contribution in [3.63, 3.8) is 0 Å². The molecule has 0 amide bonds. The fraction of sp³-hybridized carbons (Fsp3) is 0.0476. The first kappa shape index (κ1) is 15.8. The monoisotopic (exact) mass is 440 g/mol. The molecule has 0 radical (unpaired) electrons. The third kappa shape index (κ3) is 2.23. The van der Waals surface area contributed by atoms with Crippen molar-refractivity contribution in [1.82, 2.24) is 0 Å². The Morgan fingerprint density at radius 1 is 0.667 bits per heavy atom. The number of halogens is 2. The number of hydrogen-bond donors (Lipinski definition) is 1. The van der Waals surface area contributed by atoms with E-state index in [2.05, 4.69) is 44.0 Å². The standard InChI is InChI=1S/C21H14Br2O/c22-19(14-8-2-1-3-9-14)20(23)21(24)17-12-6-4-10-15(17)16-11-5-7-13-18(16)21/h1-13,24H/b20-19+. The van der Waals surface area contributed by atoms with Crippen molar-refractivity contribution in [1.29, 1.82) is 0 Å². The molecule has 3 aromatic carbocycles. The first-order chi connectivity index (χ1) is 11.6. The Bertz CT molecular complexity index is 899. The van der Waals surface area contributed by atoms with Crippen molar-refractivity contribution in [3.05, 3.63) is 100 Å². The summed E-state index contributed by atoms with van der Waals surface area (Å²) in [4.78, 5) is 0. The topological polar surface area (TPSA) is 20.2 Å². The smallest absolute Gasteiger partial charge is 0.149 e. The Morgan fingerprint density at radius 3 is 1.67 bits per heavy atom. The van der Waals surface area contributed by atoms with Gasteiger partial charge in [0.25, 0.3) is 0 Å². The second-order valence-corrected chi connectivity index (χ2v) is 7.38. The van der Waals surface area contributed by atoms with E-state index < -0.39 is 5.60 Å². The summed E-state index contributed by atoms with van der Waals surface area (Å²) in [6, 6.07) is 26.0. The van der Waals surface area contributed by atoms with Crippen molar-refractivity contribution in [2.75, 3.05) is 0 Å². The van der Waals surface area contributed by atoms with Gasteiger partial charge in [-0.25, -0.2) is 0 Å². The first-order valence-corrected chi connectivity index (χ1v) is 9.25. The van der Waals surface area contributed by atoms with Crippen LogP contribution < -0.4 is 0 Å². The van der Waals surface area contributed by atoms with Crippen LogP contribution in [0.15, 0.2) is 83.3 Å². The van der Waals surface area contributed by atoms with E-state index in [-0.39, 0.29) is 0 Å². The summed E-state index contributed by atoms with van der Waals surface area (Å²) < 4.78 is 1.55. The maximum absolute atomic E-state index is 11.8. The molecule has 0 atom stereocenters. The van der Waals surface area contributed by atoms with Crippen LogP contribution in [-0.2, 0) is 5.60 Å². The number of aliphatic hydroxyl groups is 1. The average Bonchev–Trinajstić information content (AvgIpc) is 2.92. The van der Waals surface area contributed by atoms with Crippen molar-refractivity contribution in [2.24, 2.45) is 0 Å².